The van der Waals surface area contributed by atoms with Gasteiger partial charge in [-0.25, -0.2) is 18.0 Å². The van der Waals surface area contributed by atoms with Crippen LogP contribution in [0.2, 0.25) is 0 Å². The third-order valence-corrected chi connectivity index (χ3v) is 7.04. The van der Waals surface area contributed by atoms with Crippen molar-refractivity contribution in [2.24, 2.45) is 17.8 Å². The van der Waals surface area contributed by atoms with Gasteiger partial charge in [0.05, 0.1) is 12.7 Å². The van der Waals surface area contributed by atoms with Gasteiger partial charge in [-0.2, -0.15) is 0 Å². The Bertz CT molecular complexity index is 996. The fraction of sp³-hybridized carbons (Fsp3) is 0.423. The molecule has 3 nitrogen and oxygen atoms in total. The highest BCUT2D eigenvalue weighted by atomic mass is 19.1. The molecule has 2 aromatic rings. The van der Waals surface area contributed by atoms with Crippen molar-refractivity contribution >= 4 is 5.97 Å². The van der Waals surface area contributed by atoms with Crippen LogP contribution in [0.1, 0.15) is 60.4 Å². The minimum Gasteiger partial charge on any atom is -0.494 e. The van der Waals surface area contributed by atoms with Gasteiger partial charge in [-0.05, 0) is 86.5 Å². The van der Waals surface area contributed by atoms with Gasteiger partial charge in [-0.15, -0.1) is 6.58 Å². The monoisotopic (exact) mass is 444 g/mol. The summed E-state index contributed by atoms with van der Waals surface area (Å²) >= 11 is 0. The van der Waals surface area contributed by atoms with Crippen LogP contribution >= 0.6 is 0 Å². The smallest absolute Gasteiger partial charge is 0.343 e. The van der Waals surface area contributed by atoms with Gasteiger partial charge in [-0.1, -0.05) is 6.08 Å². The number of benzene rings is 2. The van der Waals surface area contributed by atoms with Crippen molar-refractivity contribution in [2.75, 3.05) is 7.11 Å². The van der Waals surface area contributed by atoms with Crippen molar-refractivity contribution in [3.05, 3.63) is 71.6 Å². The Morgan fingerprint density at radius 1 is 0.969 bits per heavy atom. The number of fused-ring (bicyclic) bond motifs is 1. The normalized spacial score (nSPS) is 25.0. The summed E-state index contributed by atoms with van der Waals surface area (Å²) in [4.78, 5) is 12.4. The first-order valence-electron chi connectivity index (χ1n) is 11.1. The molecule has 2 saturated carbocycles. The Labute approximate surface area is 186 Å². The van der Waals surface area contributed by atoms with Crippen molar-refractivity contribution in [1.82, 2.24) is 0 Å². The zero-order valence-electron chi connectivity index (χ0n) is 18.1. The number of hydrogen-bond donors (Lipinski definition) is 0. The number of rotatable bonds is 5. The number of carbonyl (C=O) groups is 1. The second-order valence-electron chi connectivity index (χ2n) is 8.88. The number of halogens is 3. The van der Waals surface area contributed by atoms with Gasteiger partial charge >= 0.3 is 5.97 Å². The van der Waals surface area contributed by atoms with Crippen LogP contribution in [-0.4, -0.2) is 13.1 Å². The summed E-state index contributed by atoms with van der Waals surface area (Å²) in [6.45, 7) is 3.91. The van der Waals surface area contributed by atoms with Gasteiger partial charge in [0.1, 0.15) is 17.4 Å². The standard InChI is InChI=1S/C26H27F3O3/c1-3-15-4-5-17-11-18(7-6-16(17)10-15)25-22(28)12-19(13-23(25)29)26(30)32-20-8-9-24(31-2)21(27)14-20/h3,8-9,12-18H,1,4-7,10-11H2,2H3. The summed E-state index contributed by atoms with van der Waals surface area (Å²) < 4.78 is 53.6. The van der Waals surface area contributed by atoms with E-state index in [1.807, 2.05) is 6.08 Å². The molecule has 6 heteroatoms. The molecule has 0 saturated heterocycles. The van der Waals surface area contributed by atoms with Crippen LogP contribution in [0.4, 0.5) is 13.2 Å². The molecule has 0 bridgehead atoms. The molecule has 170 valence electrons. The maximum Gasteiger partial charge on any atom is 0.343 e. The van der Waals surface area contributed by atoms with Crippen LogP contribution < -0.4 is 9.47 Å². The fourth-order valence-electron chi connectivity index (χ4n) is 5.37. The third kappa shape index (κ3) is 4.54. The molecule has 0 amide bonds. The van der Waals surface area contributed by atoms with E-state index in [2.05, 4.69) is 6.58 Å². The highest BCUT2D eigenvalue weighted by Crippen LogP contribution is 2.48. The van der Waals surface area contributed by atoms with Crippen LogP contribution in [0.15, 0.2) is 43.0 Å². The first kappa shape index (κ1) is 22.4. The summed E-state index contributed by atoms with van der Waals surface area (Å²) in [5.41, 5.74) is -0.193. The predicted molar refractivity (Wildman–Crippen MR) is 115 cm³/mol. The quantitative estimate of drug-likeness (QED) is 0.288. The minimum atomic E-state index is -0.953. The first-order chi connectivity index (χ1) is 15.4. The second kappa shape index (κ2) is 9.39. The predicted octanol–water partition coefficient (Wildman–Crippen LogP) is 6.82. The summed E-state index contributed by atoms with van der Waals surface area (Å²) in [5, 5.41) is 0. The molecular formula is C26H27F3O3. The zero-order valence-corrected chi connectivity index (χ0v) is 18.1. The van der Waals surface area contributed by atoms with Crippen LogP contribution in [0, 0.1) is 35.2 Å². The van der Waals surface area contributed by atoms with Crippen molar-refractivity contribution in [3.63, 3.8) is 0 Å². The molecule has 0 spiro atoms. The molecule has 4 unspecified atom stereocenters. The van der Waals surface area contributed by atoms with E-state index in [-0.39, 0.29) is 28.5 Å². The number of hydrogen-bond acceptors (Lipinski definition) is 3. The topological polar surface area (TPSA) is 35.5 Å². The van der Waals surface area contributed by atoms with Gasteiger partial charge in [0, 0.05) is 11.6 Å². The Hall–Kier alpha value is -2.76. The van der Waals surface area contributed by atoms with Crippen LogP contribution in [0.5, 0.6) is 11.5 Å². The fourth-order valence-corrected chi connectivity index (χ4v) is 5.37. The molecule has 0 radical (unpaired) electrons. The average Bonchev–Trinajstić information content (AvgIpc) is 2.78. The largest absolute Gasteiger partial charge is 0.494 e. The zero-order chi connectivity index (χ0) is 22.8. The molecule has 0 N–H and O–H groups in total. The lowest BCUT2D eigenvalue weighted by atomic mass is 9.64. The van der Waals surface area contributed by atoms with Crippen LogP contribution in [-0.2, 0) is 0 Å². The molecule has 32 heavy (non-hydrogen) atoms. The molecule has 0 heterocycles. The summed E-state index contributed by atoms with van der Waals surface area (Å²) in [5.74, 6) is -1.80. The van der Waals surface area contributed by atoms with Crippen molar-refractivity contribution in [3.8, 4) is 11.5 Å². The van der Waals surface area contributed by atoms with E-state index in [0.29, 0.717) is 17.8 Å². The van der Waals surface area contributed by atoms with Crippen LogP contribution in [0.25, 0.3) is 0 Å². The number of esters is 1. The summed E-state index contributed by atoms with van der Waals surface area (Å²) in [6, 6.07) is 5.67. The van der Waals surface area contributed by atoms with E-state index in [1.54, 1.807) is 0 Å². The molecule has 2 aromatic carbocycles. The molecule has 2 aliphatic rings. The minimum absolute atomic E-state index is 0.000981. The Kier molecular flexibility index (Phi) is 6.58. The summed E-state index contributed by atoms with van der Waals surface area (Å²) in [7, 11) is 1.32. The van der Waals surface area contributed by atoms with Crippen molar-refractivity contribution in [1.29, 1.82) is 0 Å². The second-order valence-corrected chi connectivity index (χ2v) is 8.88. The molecule has 0 aliphatic heterocycles. The van der Waals surface area contributed by atoms with E-state index in [9.17, 15) is 18.0 Å². The highest BCUT2D eigenvalue weighted by Gasteiger charge is 2.37. The van der Waals surface area contributed by atoms with Gasteiger partial charge in [-0.3, -0.25) is 0 Å². The lowest BCUT2D eigenvalue weighted by Crippen LogP contribution is -2.30. The van der Waals surface area contributed by atoms with E-state index >= 15 is 0 Å². The Morgan fingerprint density at radius 3 is 2.31 bits per heavy atom. The maximum atomic E-state index is 15.0. The lowest BCUT2D eigenvalue weighted by molar-refractivity contribution is 0.0732. The van der Waals surface area contributed by atoms with Gasteiger partial charge in [0.2, 0.25) is 0 Å². The average molecular weight is 444 g/mol. The first-order valence-corrected chi connectivity index (χ1v) is 11.1. The number of methoxy groups -OCH3 is 1. The number of carbonyl (C=O) groups excluding carboxylic acids is 1. The molecule has 2 aliphatic carbocycles. The number of ether oxygens (including phenoxy) is 2. The SMILES string of the molecule is C=CC1CCC2CC(c3c(F)cc(C(=O)Oc4ccc(OC)c(F)c4)cc3F)CCC2C1. The molecular weight excluding hydrogens is 417 g/mol. The lowest BCUT2D eigenvalue weighted by Gasteiger charge is -2.41. The van der Waals surface area contributed by atoms with Crippen molar-refractivity contribution < 1.29 is 27.4 Å². The summed E-state index contributed by atoms with van der Waals surface area (Å²) in [6.07, 6.45) is 7.72. The van der Waals surface area contributed by atoms with E-state index in [0.717, 1.165) is 56.7 Å². The molecule has 2 fully saturated rings. The van der Waals surface area contributed by atoms with Gasteiger partial charge in [0.25, 0.3) is 0 Å². The van der Waals surface area contributed by atoms with E-state index in [1.165, 1.54) is 19.2 Å². The molecule has 0 aromatic heterocycles. The molecule has 4 rings (SSSR count). The van der Waals surface area contributed by atoms with Gasteiger partial charge < -0.3 is 9.47 Å². The third-order valence-electron chi connectivity index (χ3n) is 7.04. The number of allylic oxidation sites excluding steroid dienone is 1. The van der Waals surface area contributed by atoms with Gasteiger partial charge in [0.15, 0.2) is 11.6 Å². The Morgan fingerprint density at radius 2 is 1.66 bits per heavy atom. The Balaban J connectivity index is 1.48. The van der Waals surface area contributed by atoms with E-state index in [4.69, 9.17) is 9.47 Å². The van der Waals surface area contributed by atoms with E-state index < -0.39 is 23.4 Å². The highest BCUT2D eigenvalue weighted by molar-refractivity contribution is 5.91. The van der Waals surface area contributed by atoms with Crippen LogP contribution in [0.3, 0.4) is 0 Å². The maximum absolute atomic E-state index is 15.0. The van der Waals surface area contributed by atoms with Crippen molar-refractivity contribution in [2.45, 2.75) is 44.4 Å². The molecule has 4 atom stereocenters.